The molecule has 2 rings (SSSR count). The summed E-state index contributed by atoms with van der Waals surface area (Å²) in [5.74, 6) is 2.92. The van der Waals surface area contributed by atoms with Gasteiger partial charge in [0.15, 0.2) is 0 Å². The second-order valence-electron chi connectivity index (χ2n) is 4.68. The summed E-state index contributed by atoms with van der Waals surface area (Å²) < 4.78 is 0. The Morgan fingerprint density at radius 2 is 2.31 bits per heavy atom. The Morgan fingerprint density at radius 3 is 3.06 bits per heavy atom. The van der Waals surface area contributed by atoms with Crippen LogP contribution in [0.25, 0.3) is 0 Å². The van der Waals surface area contributed by atoms with Crippen molar-refractivity contribution in [2.75, 3.05) is 0 Å². The number of hydrogen-bond donors (Lipinski definition) is 0. The summed E-state index contributed by atoms with van der Waals surface area (Å²) in [6.45, 7) is 2.28. The molecule has 0 radical (unpaired) electrons. The second-order valence-corrected chi connectivity index (χ2v) is 4.94. The van der Waals surface area contributed by atoms with Gasteiger partial charge in [-0.05, 0) is 24.8 Å². The van der Waals surface area contributed by atoms with E-state index in [9.17, 15) is 0 Å². The van der Waals surface area contributed by atoms with Gasteiger partial charge < -0.3 is 0 Å². The van der Waals surface area contributed by atoms with Crippen molar-refractivity contribution < 1.29 is 0 Å². The zero-order chi connectivity index (χ0) is 11.4. The highest BCUT2D eigenvalue weighted by molar-refractivity contribution is 6.16. The van der Waals surface area contributed by atoms with E-state index >= 15 is 0 Å². The van der Waals surface area contributed by atoms with Crippen LogP contribution in [0.5, 0.6) is 0 Å². The highest BCUT2D eigenvalue weighted by atomic mass is 35.5. The minimum Gasteiger partial charge on any atom is -0.241 e. The van der Waals surface area contributed by atoms with E-state index in [4.69, 9.17) is 11.6 Å². The van der Waals surface area contributed by atoms with Gasteiger partial charge in [0.05, 0.1) is 11.6 Å². The summed E-state index contributed by atoms with van der Waals surface area (Å²) in [7, 11) is 0. The first-order valence-corrected chi connectivity index (χ1v) is 6.74. The fourth-order valence-electron chi connectivity index (χ4n) is 2.58. The molecular weight excluding hydrogens is 220 g/mol. The van der Waals surface area contributed by atoms with E-state index in [-0.39, 0.29) is 0 Å². The van der Waals surface area contributed by atoms with Gasteiger partial charge in [0.1, 0.15) is 5.82 Å². The monoisotopic (exact) mass is 238 g/mol. The molecule has 0 aromatic carbocycles. The van der Waals surface area contributed by atoms with Crippen LogP contribution in [0.4, 0.5) is 0 Å². The standard InChI is InChI=1S/C13H19ClN2/c1-2-10-4-3-5-11(8-10)13-15-7-6-12(9-14)16-13/h6-7,10-11H,2-5,8-9H2,1H3. The van der Waals surface area contributed by atoms with Crippen LogP contribution >= 0.6 is 11.6 Å². The molecule has 1 saturated carbocycles. The van der Waals surface area contributed by atoms with E-state index < -0.39 is 0 Å². The van der Waals surface area contributed by atoms with Gasteiger partial charge in [-0.15, -0.1) is 11.6 Å². The minimum atomic E-state index is 0.486. The summed E-state index contributed by atoms with van der Waals surface area (Å²) in [6.07, 6.45) is 8.31. The smallest absolute Gasteiger partial charge is 0.131 e. The van der Waals surface area contributed by atoms with Gasteiger partial charge in [0.2, 0.25) is 0 Å². The molecule has 0 saturated heterocycles. The molecule has 1 heterocycles. The van der Waals surface area contributed by atoms with E-state index in [2.05, 4.69) is 16.9 Å². The summed E-state index contributed by atoms with van der Waals surface area (Å²) in [5.41, 5.74) is 0.949. The van der Waals surface area contributed by atoms with E-state index in [1.807, 2.05) is 12.3 Å². The second kappa shape index (κ2) is 5.62. The normalized spacial score (nSPS) is 25.6. The van der Waals surface area contributed by atoms with Crippen LogP contribution in [-0.2, 0) is 5.88 Å². The van der Waals surface area contributed by atoms with Crippen LogP contribution in [0.2, 0.25) is 0 Å². The summed E-state index contributed by atoms with van der Waals surface area (Å²) >= 11 is 5.80. The first-order valence-electron chi connectivity index (χ1n) is 6.21. The van der Waals surface area contributed by atoms with Crippen molar-refractivity contribution in [1.82, 2.24) is 9.97 Å². The van der Waals surface area contributed by atoms with Crippen LogP contribution in [0.15, 0.2) is 12.3 Å². The molecule has 1 aromatic rings. The highest BCUT2D eigenvalue weighted by Gasteiger charge is 2.23. The third kappa shape index (κ3) is 2.73. The highest BCUT2D eigenvalue weighted by Crippen LogP contribution is 2.35. The lowest BCUT2D eigenvalue weighted by atomic mass is 9.80. The molecule has 0 spiro atoms. The minimum absolute atomic E-state index is 0.486. The predicted octanol–water partition coefficient (Wildman–Crippen LogP) is 3.90. The molecule has 3 heteroatoms. The largest absolute Gasteiger partial charge is 0.241 e. The maximum atomic E-state index is 5.80. The zero-order valence-corrected chi connectivity index (χ0v) is 10.6. The van der Waals surface area contributed by atoms with Crippen molar-refractivity contribution in [1.29, 1.82) is 0 Å². The lowest BCUT2D eigenvalue weighted by Crippen LogP contribution is -2.16. The molecule has 0 aliphatic heterocycles. The molecule has 16 heavy (non-hydrogen) atoms. The van der Waals surface area contributed by atoms with Crippen LogP contribution in [-0.4, -0.2) is 9.97 Å². The van der Waals surface area contributed by atoms with Crippen molar-refractivity contribution in [3.8, 4) is 0 Å². The van der Waals surface area contributed by atoms with E-state index in [1.54, 1.807) is 0 Å². The quantitative estimate of drug-likeness (QED) is 0.747. The summed E-state index contributed by atoms with van der Waals surface area (Å²) in [5, 5.41) is 0. The van der Waals surface area contributed by atoms with Gasteiger partial charge in [0, 0.05) is 12.1 Å². The van der Waals surface area contributed by atoms with Gasteiger partial charge in [-0.25, -0.2) is 9.97 Å². The maximum Gasteiger partial charge on any atom is 0.131 e. The summed E-state index contributed by atoms with van der Waals surface area (Å²) in [6, 6.07) is 1.90. The Kier molecular flexibility index (Phi) is 4.16. The van der Waals surface area contributed by atoms with Gasteiger partial charge in [-0.2, -0.15) is 0 Å². The molecule has 2 unspecified atom stereocenters. The number of halogens is 1. The molecule has 2 nitrogen and oxygen atoms in total. The summed E-state index contributed by atoms with van der Waals surface area (Å²) in [4.78, 5) is 8.95. The Bertz CT molecular complexity index is 340. The fraction of sp³-hybridized carbons (Fsp3) is 0.692. The maximum absolute atomic E-state index is 5.80. The Balaban J connectivity index is 2.10. The molecule has 0 bridgehead atoms. The number of aromatic nitrogens is 2. The van der Waals surface area contributed by atoms with Crippen molar-refractivity contribution in [3.63, 3.8) is 0 Å². The van der Waals surface area contributed by atoms with Gasteiger partial charge in [0.25, 0.3) is 0 Å². The first-order chi connectivity index (χ1) is 7.83. The molecule has 0 N–H and O–H groups in total. The number of rotatable bonds is 3. The fourth-order valence-corrected chi connectivity index (χ4v) is 2.73. The lowest BCUT2D eigenvalue weighted by Gasteiger charge is -2.27. The topological polar surface area (TPSA) is 25.8 Å². The molecular formula is C13H19ClN2. The molecule has 2 atom stereocenters. The average Bonchev–Trinajstić information content (AvgIpc) is 2.39. The first kappa shape index (κ1) is 11.8. The van der Waals surface area contributed by atoms with Crippen molar-refractivity contribution in [2.45, 2.75) is 50.8 Å². The third-order valence-electron chi connectivity index (χ3n) is 3.59. The molecule has 1 aliphatic carbocycles. The van der Waals surface area contributed by atoms with E-state index in [0.717, 1.165) is 17.4 Å². The van der Waals surface area contributed by atoms with Gasteiger partial charge in [-0.1, -0.05) is 26.2 Å². The lowest BCUT2D eigenvalue weighted by molar-refractivity contribution is 0.307. The average molecular weight is 239 g/mol. The zero-order valence-electron chi connectivity index (χ0n) is 9.82. The van der Waals surface area contributed by atoms with Crippen LogP contribution in [0.3, 0.4) is 0 Å². The van der Waals surface area contributed by atoms with Crippen molar-refractivity contribution in [2.24, 2.45) is 5.92 Å². The number of nitrogens with zero attached hydrogens (tertiary/aromatic N) is 2. The molecule has 0 amide bonds. The number of hydrogen-bond acceptors (Lipinski definition) is 2. The Hall–Kier alpha value is -0.630. The molecule has 88 valence electrons. The van der Waals surface area contributed by atoms with Crippen LogP contribution < -0.4 is 0 Å². The molecule has 1 aromatic heterocycles. The molecule has 1 aliphatic rings. The Morgan fingerprint density at radius 1 is 1.44 bits per heavy atom. The number of alkyl halides is 1. The third-order valence-corrected chi connectivity index (χ3v) is 3.87. The van der Waals surface area contributed by atoms with Gasteiger partial charge >= 0.3 is 0 Å². The molecule has 1 fully saturated rings. The van der Waals surface area contributed by atoms with E-state index in [1.165, 1.54) is 32.1 Å². The van der Waals surface area contributed by atoms with Gasteiger partial charge in [-0.3, -0.25) is 0 Å². The predicted molar refractivity (Wildman–Crippen MR) is 66.6 cm³/mol. The Labute approximate surface area is 102 Å². The van der Waals surface area contributed by atoms with E-state index in [0.29, 0.717) is 11.8 Å². The SMILES string of the molecule is CCC1CCCC(c2nccc(CCl)n2)C1. The van der Waals surface area contributed by atoms with Crippen molar-refractivity contribution in [3.05, 3.63) is 23.8 Å². The van der Waals surface area contributed by atoms with Crippen molar-refractivity contribution >= 4 is 11.6 Å². The van der Waals surface area contributed by atoms with Crippen LogP contribution in [0, 0.1) is 5.92 Å². The van der Waals surface area contributed by atoms with Crippen LogP contribution in [0.1, 0.15) is 56.5 Å².